The molecule has 1 saturated carbocycles. The molecule has 2 heterocycles. The summed E-state index contributed by atoms with van der Waals surface area (Å²) < 4.78 is 1.60. The van der Waals surface area contributed by atoms with Crippen molar-refractivity contribution in [3.63, 3.8) is 0 Å². The summed E-state index contributed by atoms with van der Waals surface area (Å²) in [5.74, 6) is 2.26. The van der Waals surface area contributed by atoms with Crippen LogP contribution in [-0.2, 0) is 11.8 Å². The first-order valence-corrected chi connectivity index (χ1v) is 8.35. The van der Waals surface area contributed by atoms with Gasteiger partial charge in [0.15, 0.2) is 0 Å². The number of carbonyl (C=O) groups is 1. The Kier molecular flexibility index (Phi) is 4.24. The molecule has 0 bridgehead atoms. The third kappa shape index (κ3) is 2.97. The number of piperidine rings is 1. The molecule has 1 aromatic heterocycles. The number of hydrogen-bond donors (Lipinski definition) is 0. The van der Waals surface area contributed by atoms with Gasteiger partial charge in [0, 0.05) is 20.1 Å². The van der Waals surface area contributed by atoms with E-state index in [0.29, 0.717) is 10.9 Å². The van der Waals surface area contributed by atoms with Gasteiger partial charge in [-0.05, 0) is 35.1 Å². The molecule has 1 aliphatic carbocycles. The fourth-order valence-corrected chi connectivity index (χ4v) is 4.14. The molecule has 0 spiro atoms. The lowest BCUT2D eigenvalue weighted by molar-refractivity contribution is -0.131. The molecule has 20 heavy (non-hydrogen) atoms. The number of hydrogen-bond acceptors (Lipinski definition) is 5. The Morgan fingerprint density at radius 3 is 2.85 bits per heavy atom. The number of rotatable bonds is 3. The zero-order chi connectivity index (χ0) is 13.9. The Morgan fingerprint density at radius 1 is 1.30 bits per heavy atom. The number of fused-ring (bicyclic) bond motifs is 1. The van der Waals surface area contributed by atoms with Gasteiger partial charge in [-0.3, -0.25) is 4.79 Å². The molecule has 110 valence electrons. The fraction of sp³-hybridized carbons (Fsp3) is 0.846. The first kappa shape index (κ1) is 13.9. The predicted octanol–water partition coefficient (Wildman–Crippen LogP) is 1.34. The molecule has 6 nitrogen and oxygen atoms in total. The SMILES string of the molecule is Cn1nnnc1SCC(=O)N1CC[C@H]2CCCC[C@H]2C1. The van der Waals surface area contributed by atoms with Crippen LogP contribution in [0.3, 0.4) is 0 Å². The summed E-state index contributed by atoms with van der Waals surface area (Å²) in [6.45, 7) is 1.89. The van der Waals surface area contributed by atoms with Crippen molar-refractivity contribution in [1.29, 1.82) is 0 Å². The van der Waals surface area contributed by atoms with Crippen LogP contribution >= 0.6 is 11.8 Å². The van der Waals surface area contributed by atoms with Gasteiger partial charge in [0.2, 0.25) is 11.1 Å². The van der Waals surface area contributed by atoms with E-state index in [1.807, 2.05) is 4.90 Å². The van der Waals surface area contributed by atoms with Gasteiger partial charge in [0.05, 0.1) is 5.75 Å². The fourth-order valence-electron chi connectivity index (χ4n) is 3.39. The molecule has 0 N–H and O–H groups in total. The molecule has 0 radical (unpaired) electrons. The Hall–Kier alpha value is -1.11. The van der Waals surface area contributed by atoms with Gasteiger partial charge >= 0.3 is 0 Å². The van der Waals surface area contributed by atoms with Gasteiger partial charge in [0.25, 0.3) is 0 Å². The summed E-state index contributed by atoms with van der Waals surface area (Å²) in [5, 5.41) is 11.9. The van der Waals surface area contributed by atoms with Crippen molar-refractivity contribution in [1.82, 2.24) is 25.1 Å². The van der Waals surface area contributed by atoms with Crippen LogP contribution in [0.25, 0.3) is 0 Å². The van der Waals surface area contributed by atoms with Crippen molar-refractivity contribution in [3.8, 4) is 0 Å². The van der Waals surface area contributed by atoms with Gasteiger partial charge in [-0.15, -0.1) is 5.10 Å². The number of likely N-dealkylation sites (tertiary alicyclic amines) is 1. The van der Waals surface area contributed by atoms with Gasteiger partial charge < -0.3 is 4.90 Å². The van der Waals surface area contributed by atoms with Gasteiger partial charge in [-0.2, -0.15) is 0 Å². The van der Waals surface area contributed by atoms with E-state index < -0.39 is 0 Å². The summed E-state index contributed by atoms with van der Waals surface area (Å²) in [7, 11) is 1.79. The van der Waals surface area contributed by atoms with Crippen LogP contribution in [-0.4, -0.2) is 49.9 Å². The van der Waals surface area contributed by atoms with Crippen LogP contribution in [0.2, 0.25) is 0 Å². The Bertz CT molecular complexity index is 477. The second-order valence-corrected chi connectivity index (χ2v) is 6.75. The summed E-state index contributed by atoms with van der Waals surface area (Å²) in [6.07, 6.45) is 6.57. The van der Waals surface area contributed by atoms with Crippen molar-refractivity contribution in [2.45, 2.75) is 37.3 Å². The lowest BCUT2D eigenvalue weighted by Crippen LogP contribution is -2.45. The summed E-state index contributed by atoms with van der Waals surface area (Å²) in [6, 6.07) is 0. The third-order valence-electron chi connectivity index (χ3n) is 4.55. The molecule has 1 aromatic rings. The number of carbonyl (C=O) groups excluding carboxylic acids is 1. The van der Waals surface area contributed by atoms with Crippen LogP contribution in [0.5, 0.6) is 0 Å². The standard InChI is InChI=1S/C13H21N5OS/c1-17-13(14-15-16-17)20-9-12(19)18-7-6-10-4-2-3-5-11(10)8-18/h10-11H,2-9H2,1H3/t10-,11+/m1/s1. The Morgan fingerprint density at radius 2 is 2.10 bits per heavy atom. The Labute approximate surface area is 123 Å². The summed E-state index contributed by atoms with van der Waals surface area (Å²) >= 11 is 1.42. The normalized spacial score (nSPS) is 26.4. The minimum atomic E-state index is 0.224. The maximum absolute atomic E-state index is 12.3. The number of thioether (sulfide) groups is 1. The monoisotopic (exact) mass is 295 g/mol. The molecule has 0 unspecified atom stereocenters. The van der Waals surface area contributed by atoms with Crippen LogP contribution in [0.15, 0.2) is 5.16 Å². The molecule has 7 heteroatoms. The van der Waals surface area contributed by atoms with E-state index >= 15 is 0 Å². The highest BCUT2D eigenvalue weighted by Gasteiger charge is 2.32. The molecule has 0 aromatic carbocycles. The molecule has 1 aliphatic heterocycles. The van der Waals surface area contributed by atoms with Crippen molar-refractivity contribution in [3.05, 3.63) is 0 Å². The summed E-state index contributed by atoms with van der Waals surface area (Å²) in [5.41, 5.74) is 0. The maximum atomic E-state index is 12.3. The van der Waals surface area contributed by atoms with Gasteiger partial charge in [-0.25, -0.2) is 4.68 Å². The highest BCUT2D eigenvalue weighted by atomic mass is 32.2. The topological polar surface area (TPSA) is 63.9 Å². The lowest BCUT2D eigenvalue weighted by atomic mass is 9.75. The maximum Gasteiger partial charge on any atom is 0.233 e. The number of nitrogens with zero attached hydrogens (tertiary/aromatic N) is 5. The van der Waals surface area contributed by atoms with Crippen molar-refractivity contribution < 1.29 is 4.79 Å². The first-order valence-electron chi connectivity index (χ1n) is 7.37. The first-order chi connectivity index (χ1) is 9.74. The van der Waals surface area contributed by atoms with Gasteiger partial charge in [-0.1, -0.05) is 31.0 Å². The van der Waals surface area contributed by atoms with Crippen LogP contribution in [0.1, 0.15) is 32.1 Å². The van der Waals surface area contributed by atoms with E-state index in [1.54, 1.807) is 11.7 Å². The minimum absolute atomic E-state index is 0.224. The molecule has 2 fully saturated rings. The molecule has 3 rings (SSSR count). The van der Waals surface area contributed by atoms with E-state index in [1.165, 1.54) is 43.9 Å². The predicted molar refractivity (Wildman–Crippen MR) is 76.2 cm³/mol. The molecule has 2 aliphatic rings. The Balaban J connectivity index is 1.51. The average Bonchev–Trinajstić information content (AvgIpc) is 2.89. The average molecular weight is 295 g/mol. The number of aryl methyl sites for hydroxylation is 1. The zero-order valence-corrected chi connectivity index (χ0v) is 12.7. The second-order valence-electron chi connectivity index (χ2n) is 5.81. The second kappa shape index (κ2) is 6.11. The number of aromatic nitrogens is 4. The van der Waals surface area contributed by atoms with Crippen molar-refractivity contribution in [2.24, 2.45) is 18.9 Å². The van der Waals surface area contributed by atoms with E-state index in [-0.39, 0.29) is 5.91 Å². The van der Waals surface area contributed by atoms with E-state index in [4.69, 9.17) is 0 Å². The molecule has 2 atom stereocenters. The van der Waals surface area contributed by atoms with E-state index in [0.717, 1.165) is 24.9 Å². The number of tetrazole rings is 1. The number of amides is 1. The minimum Gasteiger partial charge on any atom is -0.342 e. The highest BCUT2D eigenvalue weighted by Crippen LogP contribution is 2.36. The van der Waals surface area contributed by atoms with Crippen molar-refractivity contribution in [2.75, 3.05) is 18.8 Å². The van der Waals surface area contributed by atoms with E-state index in [2.05, 4.69) is 15.5 Å². The smallest absolute Gasteiger partial charge is 0.233 e. The quantitative estimate of drug-likeness (QED) is 0.787. The largest absolute Gasteiger partial charge is 0.342 e. The lowest BCUT2D eigenvalue weighted by Gasteiger charge is -2.41. The van der Waals surface area contributed by atoms with Crippen LogP contribution in [0.4, 0.5) is 0 Å². The molecular weight excluding hydrogens is 274 g/mol. The van der Waals surface area contributed by atoms with Gasteiger partial charge in [0.1, 0.15) is 0 Å². The molecule has 1 amide bonds. The molecular formula is C13H21N5OS. The van der Waals surface area contributed by atoms with E-state index in [9.17, 15) is 4.79 Å². The summed E-state index contributed by atoms with van der Waals surface area (Å²) in [4.78, 5) is 14.4. The molecule has 1 saturated heterocycles. The highest BCUT2D eigenvalue weighted by molar-refractivity contribution is 7.99. The van der Waals surface area contributed by atoms with Crippen molar-refractivity contribution >= 4 is 17.7 Å². The van der Waals surface area contributed by atoms with Crippen LogP contribution in [0, 0.1) is 11.8 Å². The van der Waals surface area contributed by atoms with Crippen LogP contribution < -0.4 is 0 Å². The zero-order valence-electron chi connectivity index (χ0n) is 11.9. The third-order valence-corrected chi connectivity index (χ3v) is 5.55.